The first-order valence-corrected chi connectivity index (χ1v) is 11.1. The van der Waals surface area contributed by atoms with Gasteiger partial charge in [-0.2, -0.15) is 0 Å². The monoisotopic (exact) mass is 414 g/mol. The van der Waals surface area contributed by atoms with Gasteiger partial charge in [0.05, 0.1) is 18.3 Å². The summed E-state index contributed by atoms with van der Waals surface area (Å²) in [7, 11) is 0. The third kappa shape index (κ3) is 6.03. The Hall–Kier alpha value is -1.95. The van der Waals surface area contributed by atoms with E-state index in [4.69, 9.17) is 5.11 Å². The zero-order chi connectivity index (χ0) is 21.5. The zero-order valence-electron chi connectivity index (χ0n) is 17.4. The summed E-state index contributed by atoms with van der Waals surface area (Å²) in [5.41, 5.74) is 2.68. The fraction of sp³-hybridized carbons (Fsp3) is 0.560. The number of benzene rings is 1. The van der Waals surface area contributed by atoms with Crippen LogP contribution < -0.4 is 0 Å². The molecule has 5 heteroatoms. The summed E-state index contributed by atoms with van der Waals surface area (Å²) >= 11 is 0. The number of aliphatic carboxylic acids is 1. The van der Waals surface area contributed by atoms with Crippen LogP contribution in [0.5, 0.6) is 0 Å². The van der Waals surface area contributed by atoms with E-state index in [1.54, 1.807) is 0 Å². The molecule has 0 bridgehead atoms. The number of rotatable bonds is 9. The van der Waals surface area contributed by atoms with Crippen LogP contribution in [0.2, 0.25) is 0 Å². The maximum atomic E-state index is 10.7. The van der Waals surface area contributed by atoms with Gasteiger partial charge in [-0.05, 0) is 61.5 Å². The van der Waals surface area contributed by atoms with Crippen molar-refractivity contribution in [3.8, 4) is 0 Å². The number of carboxylic acid groups (broad SMARTS) is 1. The topological polar surface area (TPSA) is 98.0 Å². The summed E-state index contributed by atoms with van der Waals surface area (Å²) in [5, 5.41) is 40.2. The molecule has 0 radical (unpaired) electrons. The van der Waals surface area contributed by atoms with Gasteiger partial charge in [-0.3, -0.25) is 4.79 Å². The number of aliphatic hydroxyl groups is 3. The molecule has 1 aromatic rings. The number of allylic oxidation sites excluding steroid dienone is 2. The second-order valence-corrected chi connectivity index (χ2v) is 8.75. The molecule has 4 N–H and O–H groups in total. The summed E-state index contributed by atoms with van der Waals surface area (Å²) in [6.07, 6.45) is 11.1. The molecule has 1 aromatic carbocycles. The lowest BCUT2D eigenvalue weighted by Gasteiger charge is -2.27. The van der Waals surface area contributed by atoms with Gasteiger partial charge in [0.2, 0.25) is 0 Å². The van der Waals surface area contributed by atoms with Crippen molar-refractivity contribution in [2.45, 2.75) is 69.7 Å². The quantitative estimate of drug-likeness (QED) is 0.367. The Labute approximate surface area is 178 Å². The zero-order valence-corrected chi connectivity index (χ0v) is 17.4. The Morgan fingerprint density at radius 3 is 2.67 bits per heavy atom. The third-order valence-corrected chi connectivity index (χ3v) is 6.65. The molecule has 164 valence electrons. The van der Waals surface area contributed by atoms with Crippen LogP contribution in [0, 0.1) is 17.8 Å². The highest BCUT2D eigenvalue weighted by molar-refractivity contribution is 5.66. The number of carbonyl (C=O) groups is 1. The molecule has 0 spiro atoms. The maximum Gasteiger partial charge on any atom is 0.303 e. The van der Waals surface area contributed by atoms with Crippen LogP contribution >= 0.6 is 0 Å². The Morgan fingerprint density at radius 1 is 1.13 bits per heavy atom. The maximum absolute atomic E-state index is 10.7. The molecule has 0 amide bonds. The van der Waals surface area contributed by atoms with Crippen molar-refractivity contribution in [2.75, 3.05) is 0 Å². The summed E-state index contributed by atoms with van der Waals surface area (Å²) in [4.78, 5) is 10.6. The van der Waals surface area contributed by atoms with Gasteiger partial charge in [0.15, 0.2) is 0 Å². The van der Waals surface area contributed by atoms with Crippen molar-refractivity contribution in [1.29, 1.82) is 0 Å². The van der Waals surface area contributed by atoms with Crippen molar-refractivity contribution < 1.29 is 25.2 Å². The van der Waals surface area contributed by atoms with Gasteiger partial charge in [-0.15, -0.1) is 0 Å². The van der Waals surface area contributed by atoms with Crippen LogP contribution in [0.4, 0.5) is 0 Å². The molecule has 2 aliphatic rings. The highest BCUT2D eigenvalue weighted by Crippen LogP contribution is 2.37. The normalized spacial score (nSPS) is 30.0. The Kier molecular flexibility index (Phi) is 8.25. The van der Waals surface area contributed by atoms with Gasteiger partial charge in [0.1, 0.15) is 0 Å². The van der Waals surface area contributed by atoms with E-state index in [-0.39, 0.29) is 24.2 Å². The standard InChI is InChI=1S/C25H34O5/c26-22(19-12-11-17-7-5-6-8-18(17)15-19)14-13-21-20(23(27)16-24(21)28)9-3-1-2-4-10-25(29)30/h1,3,5-8,13-14,19-24,26-28H,2,4,9-12,15-16H2,(H,29,30)/b3-1-,14-13+/t19-,20+,21?,22+,23-,24+/m0/s1. The highest BCUT2D eigenvalue weighted by atomic mass is 16.4. The molecule has 1 unspecified atom stereocenters. The molecule has 6 atom stereocenters. The molecular formula is C25H34O5. The third-order valence-electron chi connectivity index (χ3n) is 6.65. The van der Waals surface area contributed by atoms with E-state index in [0.29, 0.717) is 25.7 Å². The first-order valence-electron chi connectivity index (χ1n) is 11.1. The Balaban J connectivity index is 1.54. The molecule has 0 aliphatic heterocycles. The summed E-state index contributed by atoms with van der Waals surface area (Å²) in [5.74, 6) is -0.893. The lowest BCUT2D eigenvalue weighted by molar-refractivity contribution is -0.137. The largest absolute Gasteiger partial charge is 0.481 e. The van der Waals surface area contributed by atoms with Crippen LogP contribution in [-0.4, -0.2) is 44.7 Å². The summed E-state index contributed by atoms with van der Waals surface area (Å²) < 4.78 is 0. The van der Waals surface area contributed by atoms with Crippen molar-refractivity contribution in [2.24, 2.45) is 17.8 Å². The molecule has 3 rings (SSSR count). The molecule has 30 heavy (non-hydrogen) atoms. The first kappa shape index (κ1) is 22.7. The van der Waals surface area contributed by atoms with Crippen LogP contribution in [0.1, 0.15) is 49.7 Å². The number of carboxylic acids is 1. The van der Waals surface area contributed by atoms with Gasteiger partial charge in [-0.1, -0.05) is 48.6 Å². The van der Waals surface area contributed by atoms with Crippen LogP contribution in [0.25, 0.3) is 0 Å². The average Bonchev–Trinajstić information content (AvgIpc) is 3.00. The molecule has 0 aromatic heterocycles. The van der Waals surface area contributed by atoms with Crippen LogP contribution in [0.15, 0.2) is 48.6 Å². The molecule has 5 nitrogen and oxygen atoms in total. The number of fused-ring (bicyclic) bond motifs is 1. The molecular weight excluding hydrogens is 380 g/mol. The number of unbranched alkanes of at least 4 members (excludes halogenated alkanes) is 1. The van der Waals surface area contributed by atoms with E-state index < -0.39 is 24.3 Å². The summed E-state index contributed by atoms with van der Waals surface area (Å²) in [6.45, 7) is 0. The fourth-order valence-electron chi connectivity index (χ4n) is 4.87. The van der Waals surface area contributed by atoms with Crippen molar-refractivity contribution >= 4 is 5.97 Å². The Bertz CT molecular complexity index is 756. The summed E-state index contributed by atoms with van der Waals surface area (Å²) in [6, 6.07) is 8.39. The predicted molar refractivity (Wildman–Crippen MR) is 116 cm³/mol. The van der Waals surface area contributed by atoms with E-state index in [1.165, 1.54) is 11.1 Å². The minimum absolute atomic E-state index is 0.0914. The Morgan fingerprint density at radius 2 is 1.90 bits per heavy atom. The lowest BCUT2D eigenvalue weighted by atomic mass is 9.80. The van der Waals surface area contributed by atoms with Crippen LogP contribution in [0.3, 0.4) is 0 Å². The second kappa shape index (κ2) is 10.9. The minimum atomic E-state index is -0.789. The van der Waals surface area contributed by atoms with E-state index in [1.807, 2.05) is 30.4 Å². The van der Waals surface area contributed by atoms with Crippen molar-refractivity contribution in [3.63, 3.8) is 0 Å². The molecule has 1 fully saturated rings. The van der Waals surface area contributed by atoms with Gasteiger partial charge >= 0.3 is 5.97 Å². The van der Waals surface area contributed by atoms with Gasteiger partial charge in [-0.25, -0.2) is 0 Å². The van der Waals surface area contributed by atoms with Crippen molar-refractivity contribution in [1.82, 2.24) is 0 Å². The number of hydrogen-bond acceptors (Lipinski definition) is 4. The molecule has 2 aliphatic carbocycles. The number of aryl methyl sites for hydroxylation is 1. The first-order chi connectivity index (χ1) is 14.5. The van der Waals surface area contributed by atoms with Gasteiger partial charge in [0, 0.05) is 18.8 Å². The van der Waals surface area contributed by atoms with E-state index in [2.05, 4.69) is 18.2 Å². The van der Waals surface area contributed by atoms with E-state index in [0.717, 1.165) is 19.3 Å². The fourth-order valence-corrected chi connectivity index (χ4v) is 4.87. The smallest absolute Gasteiger partial charge is 0.303 e. The highest BCUT2D eigenvalue weighted by Gasteiger charge is 2.39. The lowest BCUT2D eigenvalue weighted by Crippen LogP contribution is -2.26. The number of aliphatic hydroxyl groups excluding tert-OH is 3. The van der Waals surface area contributed by atoms with E-state index >= 15 is 0 Å². The van der Waals surface area contributed by atoms with Gasteiger partial charge in [0.25, 0.3) is 0 Å². The van der Waals surface area contributed by atoms with Crippen LogP contribution in [-0.2, 0) is 17.6 Å². The average molecular weight is 415 g/mol. The SMILES string of the molecule is O=C(O)CCC/C=C\C[C@@H]1C(/C=C/[C@@H](O)[C@H]2CCc3ccccc3C2)[C@H](O)C[C@@H]1O. The molecule has 0 heterocycles. The van der Waals surface area contributed by atoms with Gasteiger partial charge < -0.3 is 20.4 Å². The van der Waals surface area contributed by atoms with E-state index in [9.17, 15) is 20.1 Å². The molecule has 0 saturated heterocycles. The second-order valence-electron chi connectivity index (χ2n) is 8.75. The predicted octanol–water partition coefficient (Wildman–Crippen LogP) is 3.27. The minimum Gasteiger partial charge on any atom is -0.481 e. The van der Waals surface area contributed by atoms with Crippen molar-refractivity contribution in [3.05, 3.63) is 59.7 Å². The number of hydrogen-bond donors (Lipinski definition) is 4. The molecule has 1 saturated carbocycles.